The van der Waals surface area contributed by atoms with Gasteiger partial charge in [0.2, 0.25) is 11.8 Å². The zero-order valence-electron chi connectivity index (χ0n) is 11.7. The molecule has 1 fully saturated rings. The maximum Gasteiger partial charge on any atom is 0.246 e. The molecule has 1 aliphatic rings. The van der Waals surface area contributed by atoms with Crippen LogP contribution in [0.5, 0.6) is 0 Å². The van der Waals surface area contributed by atoms with Crippen molar-refractivity contribution in [2.45, 2.75) is 44.8 Å². The summed E-state index contributed by atoms with van der Waals surface area (Å²) in [6.45, 7) is 3.29. The van der Waals surface area contributed by atoms with Crippen molar-refractivity contribution in [1.82, 2.24) is 10.2 Å². The van der Waals surface area contributed by atoms with Gasteiger partial charge in [0.15, 0.2) is 0 Å². The smallest absolute Gasteiger partial charge is 0.246 e. The highest BCUT2D eigenvalue weighted by molar-refractivity contribution is 6.00. The fourth-order valence-corrected chi connectivity index (χ4v) is 1.91. The van der Waals surface area contributed by atoms with E-state index in [9.17, 15) is 14.7 Å². The number of nitrogens with one attached hydrogen (secondary N) is 1. The average molecular weight is 272 g/mol. The Morgan fingerprint density at radius 3 is 2.95 bits per heavy atom. The number of aliphatic hydroxyl groups excluding tert-OH is 1. The molecule has 2 atom stereocenters. The fourth-order valence-electron chi connectivity index (χ4n) is 1.91. The van der Waals surface area contributed by atoms with E-state index in [0.717, 1.165) is 17.7 Å². The molecule has 6 heteroatoms. The summed E-state index contributed by atoms with van der Waals surface area (Å²) in [4.78, 5) is 24.2. The Morgan fingerprint density at radius 2 is 2.26 bits per heavy atom. The van der Waals surface area contributed by atoms with Crippen molar-refractivity contribution in [3.63, 3.8) is 0 Å². The van der Waals surface area contributed by atoms with Crippen LogP contribution in [0.4, 0.5) is 0 Å². The molecule has 2 N–H and O–H groups in total. The van der Waals surface area contributed by atoms with E-state index in [2.05, 4.69) is 12.2 Å². The van der Waals surface area contributed by atoms with Crippen molar-refractivity contribution in [3.05, 3.63) is 0 Å². The Morgan fingerprint density at radius 1 is 1.53 bits per heavy atom. The summed E-state index contributed by atoms with van der Waals surface area (Å²) in [7, 11) is 1.49. The minimum atomic E-state index is -0.632. The van der Waals surface area contributed by atoms with Gasteiger partial charge in [0.25, 0.3) is 0 Å². The predicted octanol–water partition coefficient (Wildman–Crippen LogP) is -0.0990. The monoisotopic (exact) mass is 272 g/mol. The van der Waals surface area contributed by atoms with Crippen LogP contribution in [-0.2, 0) is 14.3 Å². The second kappa shape index (κ2) is 8.24. The number of ether oxygens (including phenoxy) is 1. The first kappa shape index (κ1) is 16.1. The number of piperidine rings is 1. The van der Waals surface area contributed by atoms with Crippen LogP contribution in [0.1, 0.15) is 32.6 Å². The van der Waals surface area contributed by atoms with Gasteiger partial charge in [0.1, 0.15) is 0 Å². The number of hydrogen-bond donors (Lipinski definition) is 2. The highest BCUT2D eigenvalue weighted by Crippen LogP contribution is 2.11. The summed E-state index contributed by atoms with van der Waals surface area (Å²) in [5.74, 6) is -0.373. The number of unbranched alkanes of at least 4 members (excludes halogenated alkanes) is 1. The van der Waals surface area contributed by atoms with E-state index < -0.39 is 6.10 Å². The van der Waals surface area contributed by atoms with Crippen LogP contribution in [0.2, 0.25) is 0 Å². The number of likely N-dealkylation sites (N-methyl/N-ethyl adjacent to an activating group) is 1. The van der Waals surface area contributed by atoms with Crippen molar-refractivity contribution in [3.8, 4) is 0 Å². The van der Waals surface area contributed by atoms with Crippen LogP contribution in [0.25, 0.3) is 0 Å². The largest absolute Gasteiger partial charge is 0.389 e. The van der Waals surface area contributed by atoms with Crippen molar-refractivity contribution in [2.24, 2.45) is 0 Å². The van der Waals surface area contributed by atoms with E-state index in [-0.39, 0.29) is 24.5 Å². The van der Waals surface area contributed by atoms with Gasteiger partial charge in [0.05, 0.1) is 18.8 Å². The molecule has 1 aliphatic heterocycles. The Hall–Kier alpha value is -0.980. The van der Waals surface area contributed by atoms with Gasteiger partial charge in [-0.2, -0.15) is 0 Å². The number of hydrogen-bond acceptors (Lipinski definition) is 5. The minimum Gasteiger partial charge on any atom is -0.389 e. The van der Waals surface area contributed by atoms with E-state index in [1.165, 1.54) is 7.05 Å². The summed E-state index contributed by atoms with van der Waals surface area (Å²) in [5.41, 5.74) is 0. The summed E-state index contributed by atoms with van der Waals surface area (Å²) in [5, 5.41) is 12.7. The lowest BCUT2D eigenvalue weighted by atomic mass is 10.0. The molecule has 0 radical (unpaired) electrons. The third-order valence-corrected chi connectivity index (χ3v) is 3.20. The van der Waals surface area contributed by atoms with E-state index >= 15 is 0 Å². The van der Waals surface area contributed by atoms with Gasteiger partial charge in [-0.05, 0) is 12.8 Å². The van der Waals surface area contributed by atoms with Gasteiger partial charge in [-0.15, -0.1) is 0 Å². The normalized spacial score (nSPS) is 21.8. The molecule has 0 aromatic carbocycles. The molecule has 2 amide bonds. The second-order valence-corrected chi connectivity index (χ2v) is 4.87. The summed E-state index contributed by atoms with van der Waals surface area (Å²) >= 11 is 0. The molecule has 6 nitrogen and oxygen atoms in total. The van der Waals surface area contributed by atoms with E-state index in [4.69, 9.17) is 4.74 Å². The molecule has 0 aromatic rings. The molecule has 19 heavy (non-hydrogen) atoms. The van der Waals surface area contributed by atoms with Gasteiger partial charge in [0, 0.05) is 26.6 Å². The second-order valence-electron chi connectivity index (χ2n) is 4.87. The quantitative estimate of drug-likeness (QED) is 0.476. The van der Waals surface area contributed by atoms with E-state index in [1.54, 1.807) is 0 Å². The van der Waals surface area contributed by atoms with Gasteiger partial charge < -0.3 is 15.2 Å². The highest BCUT2D eigenvalue weighted by Gasteiger charge is 2.31. The number of rotatable bonds is 8. The lowest BCUT2D eigenvalue weighted by Gasteiger charge is -2.28. The Kier molecular flexibility index (Phi) is 6.97. The third-order valence-electron chi connectivity index (χ3n) is 3.20. The molecule has 1 saturated heterocycles. The van der Waals surface area contributed by atoms with E-state index in [0.29, 0.717) is 26.0 Å². The van der Waals surface area contributed by atoms with Crippen molar-refractivity contribution in [1.29, 1.82) is 0 Å². The number of nitrogens with zero attached hydrogens (tertiary/aromatic N) is 1. The van der Waals surface area contributed by atoms with Crippen LogP contribution in [0.3, 0.4) is 0 Å². The van der Waals surface area contributed by atoms with Crippen LogP contribution in [-0.4, -0.2) is 60.8 Å². The zero-order chi connectivity index (χ0) is 14.3. The zero-order valence-corrected chi connectivity index (χ0v) is 11.7. The highest BCUT2D eigenvalue weighted by atomic mass is 16.5. The van der Waals surface area contributed by atoms with Gasteiger partial charge in [-0.1, -0.05) is 13.3 Å². The van der Waals surface area contributed by atoms with Crippen molar-refractivity contribution >= 4 is 11.8 Å². The van der Waals surface area contributed by atoms with Gasteiger partial charge in [-0.25, -0.2) is 0 Å². The number of carbonyl (C=O) groups excluding carboxylic acids is 2. The molecule has 0 aliphatic carbocycles. The number of imide groups is 1. The molecule has 110 valence electrons. The van der Waals surface area contributed by atoms with Gasteiger partial charge in [-0.3, -0.25) is 14.5 Å². The third kappa shape index (κ3) is 5.26. The number of aliphatic hydroxyl groups is 1. The molecule has 1 rings (SSSR count). The Labute approximate surface area is 114 Å². The fraction of sp³-hybridized carbons (Fsp3) is 0.846. The predicted molar refractivity (Wildman–Crippen MR) is 70.5 cm³/mol. The lowest BCUT2D eigenvalue weighted by molar-refractivity contribution is -0.148. The van der Waals surface area contributed by atoms with Gasteiger partial charge >= 0.3 is 0 Å². The van der Waals surface area contributed by atoms with E-state index in [1.807, 2.05) is 0 Å². The first-order chi connectivity index (χ1) is 9.06. The average Bonchev–Trinajstić information content (AvgIpc) is 2.40. The first-order valence-corrected chi connectivity index (χ1v) is 6.85. The lowest BCUT2D eigenvalue weighted by Crippen LogP contribution is -2.53. The first-order valence-electron chi connectivity index (χ1n) is 6.85. The van der Waals surface area contributed by atoms with Crippen LogP contribution in [0.15, 0.2) is 0 Å². The molecule has 0 saturated carbocycles. The molecule has 2 unspecified atom stereocenters. The molecule has 0 spiro atoms. The molecular formula is C13H24N2O4. The maximum atomic E-state index is 11.8. The molecule has 1 heterocycles. The van der Waals surface area contributed by atoms with Crippen molar-refractivity contribution < 1.29 is 19.4 Å². The number of carbonyl (C=O) groups is 2. The van der Waals surface area contributed by atoms with Crippen LogP contribution < -0.4 is 5.32 Å². The van der Waals surface area contributed by atoms with Crippen molar-refractivity contribution in [2.75, 3.05) is 26.8 Å². The molecular weight excluding hydrogens is 248 g/mol. The Balaban J connectivity index is 2.21. The summed E-state index contributed by atoms with van der Waals surface area (Å²) < 4.78 is 5.30. The standard InChI is InChI=1S/C13H24N2O4/c1-3-4-7-19-9-10(16)8-14-11-5-6-12(17)15(2)13(11)18/h10-11,14,16H,3-9H2,1-2H3. The number of likely N-dealkylation sites (tertiary alicyclic amines) is 1. The maximum absolute atomic E-state index is 11.8. The Bertz CT molecular complexity index is 309. The minimum absolute atomic E-state index is 0.147. The summed E-state index contributed by atoms with van der Waals surface area (Å²) in [6.07, 6.45) is 2.26. The molecule has 0 bridgehead atoms. The SMILES string of the molecule is CCCCOCC(O)CNC1CCC(=O)N(C)C1=O. The summed E-state index contributed by atoms with van der Waals surface area (Å²) in [6, 6.07) is -0.381. The number of amides is 2. The van der Waals surface area contributed by atoms with Crippen LogP contribution >= 0.6 is 0 Å². The topological polar surface area (TPSA) is 78.9 Å². The van der Waals surface area contributed by atoms with Crippen LogP contribution in [0, 0.1) is 0 Å². The molecule has 0 aromatic heterocycles.